The predicted octanol–water partition coefficient (Wildman–Crippen LogP) is 0.556. The Morgan fingerprint density at radius 3 is 2.75 bits per heavy atom. The molecule has 0 bridgehead atoms. The summed E-state index contributed by atoms with van der Waals surface area (Å²) in [6.07, 6.45) is 0. The Bertz CT molecular complexity index is 346. The summed E-state index contributed by atoms with van der Waals surface area (Å²) in [6, 6.07) is 4.23. The zero-order valence-corrected chi connectivity index (χ0v) is 9.61. The Kier molecular flexibility index (Phi) is 4.52. The lowest BCUT2D eigenvalue weighted by atomic mass is 10.2. The first-order valence-corrected chi connectivity index (χ1v) is 5.08. The molecule has 1 rings (SSSR count). The predicted molar refractivity (Wildman–Crippen MR) is 63.3 cm³/mol. The summed E-state index contributed by atoms with van der Waals surface area (Å²) in [4.78, 5) is 1.83. The molecule has 4 nitrogen and oxygen atoms in total. The van der Waals surface area contributed by atoms with Crippen molar-refractivity contribution in [1.82, 2.24) is 0 Å². The molecule has 0 aromatic heterocycles. The molecule has 0 aliphatic heterocycles. The average Bonchev–Trinajstić information content (AvgIpc) is 2.28. The van der Waals surface area contributed by atoms with Crippen LogP contribution in [-0.4, -0.2) is 33.3 Å². The van der Waals surface area contributed by atoms with E-state index in [0.29, 0.717) is 24.5 Å². The Hall–Kier alpha value is -1.33. The van der Waals surface area contributed by atoms with Crippen molar-refractivity contribution in [3.63, 3.8) is 0 Å². The van der Waals surface area contributed by atoms with Gasteiger partial charge < -0.3 is 21.1 Å². The number of nitrogens with two attached hydrogens (primary N) is 2. The number of rotatable bonds is 5. The fourth-order valence-corrected chi connectivity index (χ4v) is 1.49. The first kappa shape index (κ1) is 12.7. The van der Waals surface area contributed by atoms with Gasteiger partial charge in [0.05, 0.1) is 12.8 Å². The van der Waals surface area contributed by atoms with Crippen LogP contribution in [0.25, 0.3) is 0 Å². The first-order valence-electron chi connectivity index (χ1n) is 5.08. The first-order chi connectivity index (χ1) is 7.58. The molecule has 1 atom stereocenters. The van der Waals surface area contributed by atoms with Crippen molar-refractivity contribution in [2.24, 2.45) is 11.5 Å². The molecule has 0 aliphatic carbocycles. The molecule has 1 aromatic carbocycles. The second kappa shape index (κ2) is 5.67. The van der Waals surface area contributed by atoms with Gasteiger partial charge in [-0.3, -0.25) is 0 Å². The number of ether oxygens (including phenoxy) is 1. The quantitative estimate of drug-likeness (QED) is 0.771. The van der Waals surface area contributed by atoms with Gasteiger partial charge in [-0.25, -0.2) is 4.39 Å². The maximum Gasteiger partial charge on any atom is 0.142 e. The molecule has 0 spiro atoms. The van der Waals surface area contributed by atoms with E-state index in [9.17, 15) is 4.39 Å². The normalized spacial score (nSPS) is 12.3. The fraction of sp³-hybridized carbons (Fsp3) is 0.455. The van der Waals surface area contributed by atoms with Gasteiger partial charge in [-0.1, -0.05) is 0 Å². The molecule has 1 aromatic rings. The number of methoxy groups -OCH3 is 1. The smallest absolute Gasteiger partial charge is 0.142 e. The minimum Gasteiger partial charge on any atom is -0.495 e. The average molecular weight is 227 g/mol. The van der Waals surface area contributed by atoms with Crippen molar-refractivity contribution in [1.29, 1.82) is 0 Å². The number of nitrogens with zero attached hydrogens (tertiary/aromatic N) is 1. The molecule has 0 saturated carbocycles. The van der Waals surface area contributed by atoms with Crippen LogP contribution in [0.15, 0.2) is 18.2 Å². The van der Waals surface area contributed by atoms with E-state index in [1.807, 2.05) is 11.9 Å². The van der Waals surface area contributed by atoms with Crippen LogP contribution < -0.4 is 21.1 Å². The largest absolute Gasteiger partial charge is 0.495 e. The molecule has 0 amide bonds. The van der Waals surface area contributed by atoms with E-state index in [2.05, 4.69) is 0 Å². The second-order valence-electron chi connectivity index (χ2n) is 3.69. The molecule has 90 valence electrons. The van der Waals surface area contributed by atoms with E-state index in [1.165, 1.54) is 12.1 Å². The number of halogens is 1. The van der Waals surface area contributed by atoms with Crippen molar-refractivity contribution in [2.75, 3.05) is 32.1 Å². The van der Waals surface area contributed by atoms with E-state index in [-0.39, 0.29) is 11.9 Å². The summed E-state index contributed by atoms with van der Waals surface area (Å²) >= 11 is 0. The molecule has 0 heterocycles. The van der Waals surface area contributed by atoms with Gasteiger partial charge in [0.25, 0.3) is 0 Å². The lowest BCUT2D eigenvalue weighted by Gasteiger charge is -2.24. The van der Waals surface area contributed by atoms with Gasteiger partial charge >= 0.3 is 0 Å². The summed E-state index contributed by atoms with van der Waals surface area (Å²) in [6.45, 7) is 0.943. The van der Waals surface area contributed by atoms with Gasteiger partial charge in [-0.05, 0) is 12.1 Å². The Morgan fingerprint density at radius 2 is 2.19 bits per heavy atom. The zero-order valence-electron chi connectivity index (χ0n) is 9.61. The highest BCUT2D eigenvalue weighted by Gasteiger charge is 2.11. The third kappa shape index (κ3) is 3.08. The Balaban J connectivity index is 2.88. The maximum absolute atomic E-state index is 13.1. The van der Waals surface area contributed by atoms with Gasteiger partial charge in [0.2, 0.25) is 0 Å². The molecule has 0 radical (unpaired) electrons. The van der Waals surface area contributed by atoms with E-state index >= 15 is 0 Å². The molecule has 16 heavy (non-hydrogen) atoms. The minimum absolute atomic E-state index is 0.141. The van der Waals surface area contributed by atoms with Crippen molar-refractivity contribution in [3.8, 4) is 5.75 Å². The number of likely N-dealkylation sites (N-methyl/N-ethyl adjacent to an activating group) is 1. The van der Waals surface area contributed by atoms with Crippen LogP contribution in [0.5, 0.6) is 5.75 Å². The monoisotopic (exact) mass is 227 g/mol. The van der Waals surface area contributed by atoms with Crippen LogP contribution in [0.1, 0.15) is 0 Å². The van der Waals surface area contributed by atoms with Crippen molar-refractivity contribution >= 4 is 5.69 Å². The van der Waals surface area contributed by atoms with Crippen LogP contribution in [0.3, 0.4) is 0 Å². The highest BCUT2D eigenvalue weighted by Crippen LogP contribution is 2.27. The van der Waals surface area contributed by atoms with E-state index < -0.39 is 0 Å². The van der Waals surface area contributed by atoms with E-state index in [0.717, 1.165) is 0 Å². The van der Waals surface area contributed by atoms with E-state index in [1.54, 1.807) is 13.2 Å². The fourth-order valence-electron chi connectivity index (χ4n) is 1.49. The summed E-state index contributed by atoms with van der Waals surface area (Å²) in [7, 11) is 3.38. The third-order valence-electron chi connectivity index (χ3n) is 2.36. The lowest BCUT2D eigenvalue weighted by Crippen LogP contribution is -2.40. The van der Waals surface area contributed by atoms with Crippen LogP contribution in [0.2, 0.25) is 0 Å². The SMILES string of the molecule is COc1ccc(F)cc1N(C)CC(N)CN. The van der Waals surface area contributed by atoms with Crippen molar-refractivity contribution in [2.45, 2.75) is 6.04 Å². The second-order valence-corrected chi connectivity index (χ2v) is 3.69. The standard InChI is InChI=1S/C11H18FN3O/c1-15(7-9(14)6-13)10-5-8(12)3-4-11(10)16-2/h3-5,9H,6-7,13-14H2,1-2H3. The zero-order chi connectivity index (χ0) is 12.1. The van der Waals surface area contributed by atoms with E-state index in [4.69, 9.17) is 16.2 Å². The van der Waals surface area contributed by atoms with Crippen LogP contribution in [0.4, 0.5) is 10.1 Å². The molecule has 0 fully saturated rings. The van der Waals surface area contributed by atoms with Crippen molar-refractivity contribution in [3.05, 3.63) is 24.0 Å². The van der Waals surface area contributed by atoms with Gasteiger partial charge in [0.1, 0.15) is 11.6 Å². The number of anilines is 1. The molecule has 5 heteroatoms. The van der Waals surface area contributed by atoms with Gasteiger partial charge in [0, 0.05) is 32.2 Å². The van der Waals surface area contributed by atoms with Gasteiger partial charge in [-0.2, -0.15) is 0 Å². The summed E-state index contributed by atoms with van der Waals surface area (Å²) < 4.78 is 18.3. The Morgan fingerprint density at radius 1 is 1.50 bits per heavy atom. The topological polar surface area (TPSA) is 64.5 Å². The maximum atomic E-state index is 13.1. The molecule has 0 aliphatic rings. The van der Waals surface area contributed by atoms with Crippen LogP contribution in [0, 0.1) is 5.82 Å². The number of benzene rings is 1. The summed E-state index contributed by atoms with van der Waals surface area (Å²) in [5, 5.41) is 0. The molecular weight excluding hydrogens is 209 g/mol. The van der Waals surface area contributed by atoms with Gasteiger partial charge in [0.15, 0.2) is 0 Å². The lowest BCUT2D eigenvalue weighted by molar-refractivity contribution is 0.413. The third-order valence-corrected chi connectivity index (χ3v) is 2.36. The van der Waals surface area contributed by atoms with Crippen LogP contribution >= 0.6 is 0 Å². The summed E-state index contributed by atoms with van der Waals surface area (Å²) in [5.41, 5.74) is 11.9. The van der Waals surface area contributed by atoms with Gasteiger partial charge in [-0.15, -0.1) is 0 Å². The number of hydrogen-bond donors (Lipinski definition) is 2. The summed E-state index contributed by atoms with van der Waals surface area (Å²) in [5.74, 6) is 0.317. The van der Waals surface area contributed by atoms with Crippen LogP contribution in [-0.2, 0) is 0 Å². The molecule has 1 unspecified atom stereocenters. The highest BCUT2D eigenvalue weighted by atomic mass is 19.1. The molecular formula is C11H18FN3O. The molecule has 4 N–H and O–H groups in total. The van der Waals surface area contributed by atoms with Crippen molar-refractivity contribution < 1.29 is 9.13 Å². The number of hydrogen-bond acceptors (Lipinski definition) is 4. The minimum atomic E-state index is -0.302. The molecule has 0 saturated heterocycles. The highest BCUT2D eigenvalue weighted by molar-refractivity contribution is 5.58. The Labute approximate surface area is 95.0 Å².